The fourth-order valence-electron chi connectivity index (χ4n) is 2.19. The molecule has 1 aromatic heterocycles. The van der Waals surface area contributed by atoms with Gasteiger partial charge in [-0.05, 0) is 25.1 Å². The SMILES string of the molecule is Cc1c(C(=O)n2nnc3ccccc32)cccc1[N+](=O)[O-]. The average molecular weight is 282 g/mol. The largest absolute Gasteiger partial charge is 0.280 e. The van der Waals surface area contributed by atoms with Crippen molar-refractivity contribution in [2.75, 3.05) is 0 Å². The lowest BCUT2D eigenvalue weighted by atomic mass is 10.1. The fraction of sp³-hybridized carbons (Fsp3) is 0.0714. The van der Waals surface area contributed by atoms with Crippen molar-refractivity contribution in [3.05, 3.63) is 63.7 Å². The highest BCUT2D eigenvalue weighted by atomic mass is 16.6. The summed E-state index contributed by atoms with van der Waals surface area (Å²) < 4.78 is 1.15. The van der Waals surface area contributed by atoms with E-state index in [4.69, 9.17) is 0 Å². The van der Waals surface area contributed by atoms with Gasteiger partial charge in [-0.25, -0.2) is 0 Å². The van der Waals surface area contributed by atoms with Crippen molar-refractivity contribution >= 4 is 22.6 Å². The van der Waals surface area contributed by atoms with E-state index in [0.29, 0.717) is 16.6 Å². The Balaban J connectivity index is 2.15. The summed E-state index contributed by atoms with van der Waals surface area (Å²) in [6.07, 6.45) is 0. The van der Waals surface area contributed by atoms with E-state index in [1.807, 2.05) is 0 Å². The van der Waals surface area contributed by atoms with Gasteiger partial charge in [-0.1, -0.05) is 23.4 Å². The van der Waals surface area contributed by atoms with Crippen molar-refractivity contribution in [3.63, 3.8) is 0 Å². The first kappa shape index (κ1) is 12.9. The maximum Gasteiger partial charge on any atom is 0.280 e. The minimum atomic E-state index is -0.508. The van der Waals surface area contributed by atoms with Gasteiger partial charge in [0, 0.05) is 11.6 Å². The van der Waals surface area contributed by atoms with Crippen LogP contribution in [0.25, 0.3) is 11.0 Å². The van der Waals surface area contributed by atoms with Crippen LogP contribution in [-0.2, 0) is 0 Å². The molecule has 7 heteroatoms. The molecular weight excluding hydrogens is 272 g/mol. The van der Waals surface area contributed by atoms with E-state index < -0.39 is 10.8 Å². The van der Waals surface area contributed by atoms with Crippen LogP contribution in [0.1, 0.15) is 15.9 Å². The van der Waals surface area contributed by atoms with Gasteiger partial charge in [-0.2, -0.15) is 4.68 Å². The first-order chi connectivity index (χ1) is 10.1. The van der Waals surface area contributed by atoms with E-state index in [2.05, 4.69) is 10.3 Å². The van der Waals surface area contributed by atoms with Crippen molar-refractivity contribution in [2.24, 2.45) is 0 Å². The summed E-state index contributed by atoms with van der Waals surface area (Å²) in [4.78, 5) is 23.0. The zero-order valence-electron chi connectivity index (χ0n) is 11.1. The third-order valence-electron chi connectivity index (χ3n) is 3.28. The number of rotatable bonds is 2. The molecule has 0 atom stereocenters. The van der Waals surface area contributed by atoms with Gasteiger partial charge < -0.3 is 0 Å². The highest BCUT2D eigenvalue weighted by Gasteiger charge is 2.21. The molecule has 0 saturated heterocycles. The van der Waals surface area contributed by atoms with Crippen molar-refractivity contribution in [1.29, 1.82) is 0 Å². The molecule has 0 N–H and O–H groups in total. The summed E-state index contributed by atoms with van der Waals surface area (Å²) in [7, 11) is 0. The number of nitrogens with zero attached hydrogens (tertiary/aromatic N) is 4. The van der Waals surface area contributed by atoms with Crippen LogP contribution in [0.2, 0.25) is 0 Å². The first-order valence-corrected chi connectivity index (χ1v) is 6.19. The summed E-state index contributed by atoms with van der Waals surface area (Å²) in [5, 5.41) is 18.7. The molecular formula is C14H10N4O3. The zero-order chi connectivity index (χ0) is 15.0. The number of para-hydroxylation sites is 1. The molecule has 0 aliphatic rings. The van der Waals surface area contributed by atoms with Gasteiger partial charge in [0.05, 0.1) is 16.0 Å². The van der Waals surface area contributed by atoms with Crippen LogP contribution in [0, 0.1) is 17.0 Å². The molecule has 3 rings (SSSR count). The van der Waals surface area contributed by atoms with E-state index >= 15 is 0 Å². The number of hydrogen-bond acceptors (Lipinski definition) is 5. The highest BCUT2D eigenvalue weighted by molar-refractivity contribution is 6.01. The molecule has 7 nitrogen and oxygen atoms in total. The van der Waals surface area contributed by atoms with Gasteiger partial charge in [-0.3, -0.25) is 14.9 Å². The predicted octanol–water partition coefficient (Wildman–Crippen LogP) is 2.34. The van der Waals surface area contributed by atoms with Gasteiger partial charge in [0.1, 0.15) is 5.52 Å². The van der Waals surface area contributed by atoms with Crippen LogP contribution < -0.4 is 0 Å². The number of nitro groups is 1. The summed E-state index contributed by atoms with van der Waals surface area (Å²) >= 11 is 0. The van der Waals surface area contributed by atoms with Crippen molar-refractivity contribution in [1.82, 2.24) is 15.0 Å². The predicted molar refractivity (Wildman–Crippen MR) is 75.1 cm³/mol. The number of nitro benzene ring substituents is 1. The molecule has 0 bridgehead atoms. The van der Waals surface area contributed by atoms with Crippen molar-refractivity contribution in [2.45, 2.75) is 6.92 Å². The van der Waals surface area contributed by atoms with Crippen LogP contribution in [0.15, 0.2) is 42.5 Å². The summed E-state index contributed by atoms with van der Waals surface area (Å²) in [6, 6.07) is 11.4. The quantitative estimate of drug-likeness (QED) is 0.531. The van der Waals surface area contributed by atoms with E-state index in [1.54, 1.807) is 37.3 Å². The summed E-state index contributed by atoms with van der Waals surface area (Å²) in [5.74, 6) is -0.440. The highest BCUT2D eigenvalue weighted by Crippen LogP contribution is 2.22. The molecule has 0 unspecified atom stereocenters. The van der Waals surface area contributed by atoms with Crippen molar-refractivity contribution < 1.29 is 9.72 Å². The summed E-state index contributed by atoms with van der Waals surface area (Å²) in [5.41, 5.74) is 1.61. The Labute approximate surface area is 119 Å². The van der Waals surface area contributed by atoms with Crippen LogP contribution in [0.3, 0.4) is 0 Å². The average Bonchev–Trinajstić information content (AvgIpc) is 2.90. The fourth-order valence-corrected chi connectivity index (χ4v) is 2.19. The number of hydrogen-bond donors (Lipinski definition) is 0. The Bertz CT molecular complexity index is 870. The van der Waals surface area contributed by atoms with Crippen LogP contribution in [0.4, 0.5) is 5.69 Å². The van der Waals surface area contributed by atoms with E-state index in [0.717, 1.165) is 4.68 Å². The Hall–Kier alpha value is -3.09. The van der Waals surface area contributed by atoms with Crippen LogP contribution >= 0.6 is 0 Å². The van der Waals surface area contributed by atoms with Gasteiger partial charge in [-0.15, -0.1) is 5.10 Å². The lowest BCUT2D eigenvalue weighted by Crippen LogP contribution is -2.15. The lowest BCUT2D eigenvalue weighted by molar-refractivity contribution is -0.385. The normalized spacial score (nSPS) is 10.7. The number of fused-ring (bicyclic) bond motifs is 1. The Morgan fingerprint density at radius 3 is 2.71 bits per heavy atom. The minimum Gasteiger partial charge on any atom is -0.267 e. The Kier molecular flexibility index (Phi) is 2.94. The smallest absolute Gasteiger partial charge is 0.267 e. The maximum atomic E-state index is 12.6. The molecule has 0 saturated carbocycles. The molecule has 1 heterocycles. The molecule has 0 aliphatic carbocycles. The number of carbonyl (C=O) groups excluding carboxylic acids is 1. The zero-order valence-corrected chi connectivity index (χ0v) is 11.1. The molecule has 0 aliphatic heterocycles. The number of aromatic nitrogens is 3. The maximum absolute atomic E-state index is 12.6. The molecule has 0 amide bonds. The Morgan fingerprint density at radius 2 is 1.95 bits per heavy atom. The molecule has 104 valence electrons. The molecule has 3 aromatic rings. The first-order valence-electron chi connectivity index (χ1n) is 6.19. The molecule has 21 heavy (non-hydrogen) atoms. The minimum absolute atomic E-state index is 0.0923. The van der Waals surface area contributed by atoms with E-state index in [1.165, 1.54) is 12.1 Å². The monoisotopic (exact) mass is 282 g/mol. The van der Waals surface area contributed by atoms with Gasteiger partial charge in [0.25, 0.3) is 11.6 Å². The molecule has 0 fully saturated rings. The van der Waals surface area contributed by atoms with Gasteiger partial charge >= 0.3 is 0 Å². The second-order valence-corrected chi connectivity index (χ2v) is 4.50. The number of carbonyl (C=O) groups is 1. The molecule has 0 radical (unpaired) electrons. The van der Waals surface area contributed by atoms with Crippen LogP contribution in [-0.4, -0.2) is 25.8 Å². The van der Waals surface area contributed by atoms with E-state index in [9.17, 15) is 14.9 Å². The molecule has 2 aromatic carbocycles. The third kappa shape index (κ3) is 2.04. The third-order valence-corrected chi connectivity index (χ3v) is 3.28. The topological polar surface area (TPSA) is 90.9 Å². The molecule has 0 spiro atoms. The number of benzene rings is 2. The van der Waals surface area contributed by atoms with Gasteiger partial charge in [0.2, 0.25) is 0 Å². The summed E-state index contributed by atoms with van der Waals surface area (Å²) in [6.45, 7) is 1.55. The Morgan fingerprint density at radius 1 is 1.19 bits per heavy atom. The van der Waals surface area contributed by atoms with Crippen molar-refractivity contribution in [3.8, 4) is 0 Å². The second kappa shape index (κ2) is 4.78. The lowest BCUT2D eigenvalue weighted by Gasteiger charge is -2.05. The van der Waals surface area contributed by atoms with Gasteiger partial charge in [0.15, 0.2) is 0 Å². The second-order valence-electron chi connectivity index (χ2n) is 4.50. The standard InChI is InChI=1S/C14H10N4O3/c1-9-10(5-4-8-12(9)18(20)21)14(19)17-13-7-3-2-6-11(13)15-16-17/h2-8H,1H3. The van der Waals surface area contributed by atoms with Crippen LogP contribution in [0.5, 0.6) is 0 Å². The van der Waals surface area contributed by atoms with E-state index in [-0.39, 0.29) is 11.3 Å².